The first-order chi connectivity index (χ1) is 10.4. The lowest BCUT2D eigenvalue weighted by Crippen LogP contribution is -2.35. The average Bonchev–Trinajstić information content (AvgIpc) is 2.43. The van der Waals surface area contributed by atoms with Crippen LogP contribution >= 0.6 is 0 Å². The lowest BCUT2D eigenvalue weighted by molar-refractivity contribution is 0.0780. The predicted molar refractivity (Wildman–Crippen MR) is 87.3 cm³/mol. The van der Waals surface area contributed by atoms with E-state index in [4.69, 9.17) is 0 Å². The monoisotopic (exact) mass is 305 g/mol. The summed E-state index contributed by atoms with van der Waals surface area (Å²) in [4.78, 5) is 20.3. The van der Waals surface area contributed by atoms with Gasteiger partial charge in [0.1, 0.15) is 5.82 Å². The first-order valence-electron chi connectivity index (χ1n) is 7.69. The van der Waals surface area contributed by atoms with Gasteiger partial charge < -0.3 is 19.8 Å². The van der Waals surface area contributed by atoms with E-state index in [9.17, 15) is 14.8 Å². The molecule has 6 nitrogen and oxygen atoms in total. The topological polar surface area (TPSA) is 76.9 Å². The van der Waals surface area contributed by atoms with Crippen LogP contribution in [-0.2, 0) is 0 Å². The molecule has 2 rings (SSSR count). The maximum Gasteiger partial charge on any atom is 0.490 e. The van der Waals surface area contributed by atoms with Crippen molar-refractivity contribution in [2.45, 2.75) is 25.7 Å². The zero-order chi connectivity index (χ0) is 16.3. The van der Waals surface area contributed by atoms with Gasteiger partial charge in [0.2, 0.25) is 0 Å². The van der Waals surface area contributed by atoms with Crippen molar-refractivity contribution in [1.82, 2.24) is 9.88 Å². The highest BCUT2D eigenvalue weighted by Crippen LogP contribution is 2.29. The van der Waals surface area contributed by atoms with E-state index in [1.54, 1.807) is 16.8 Å². The van der Waals surface area contributed by atoms with Crippen LogP contribution in [0.15, 0.2) is 12.3 Å². The van der Waals surface area contributed by atoms with Crippen LogP contribution in [-0.4, -0.2) is 60.6 Å². The van der Waals surface area contributed by atoms with Gasteiger partial charge in [-0.3, -0.25) is 4.79 Å². The maximum atomic E-state index is 12.7. The Hall–Kier alpha value is -1.60. The molecule has 1 heterocycles. The van der Waals surface area contributed by atoms with Crippen molar-refractivity contribution in [1.29, 1.82) is 0 Å². The van der Waals surface area contributed by atoms with Crippen molar-refractivity contribution < 1.29 is 14.8 Å². The van der Waals surface area contributed by atoms with Gasteiger partial charge in [0.15, 0.2) is 0 Å². The predicted octanol–water partition coefficient (Wildman–Crippen LogP) is 0.0896. The number of hydrogen-bond donors (Lipinski definition) is 2. The minimum Gasteiger partial charge on any atom is -0.423 e. The SMILES string of the molecule is CN(CCC1CCC1)C(=O)c1cc(B(O)O)cnc1N(C)C. The van der Waals surface area contributed by atoms with Crippen LogP contribution in [0.3, 0.4) is 0 Å². The molecule has 1 fully saturated rings. The summed E-state index contributed by atoms with van der Waals surface area (Å²) >= 11 is 0. The Morgan fingerprint density at radius 3 is 2.55 bits per heavy atom. The van der Waals surface area contributed by atoms with Gasteiger partial charge in [-0.1, -0.05) is 19.3 Å². The lowest BCUT2D eigenvalue weighted by Gasteiger charge is -2.28. The molecule has 0 aromatic carbocycles. The van der Waals surface area contributed by atoms with E-state index in [2.05, 4.69) is 4.98 Å². The van der Waals surface area contributed by atoms with Crippen molar-refractivity contribution in [2.75, 3.05) is 32.6 Å². The first kappa shape index (κ1) is 16.8. The number of nitrogens with zero attached hydrogens (tertiary/aromatic N) is 3. The third-order valence-electron chi connectivity index (χ3n) is 4.28. The number of pyridine rings is 1. The zero-order valence-electron chi connectivity index (χ0n) is 13.5. The van der Waals surface area contributed by atoms with Crippen molar-refractivity contribution in [2.24, 2.45) is 5.92 Å². The molecule has 0 radical (unpaired) electrons. The number of hydrogen-bond acceptors (Lipinski definition) is 5. The minimum absolute atomic E-state index is 0.141. The Labute approximate surface area is 131 Å². The lowest BCUT2D eigenvalue weighted by atomic mass is 9.81. The van der Waals surface area contributed by atoms with E-state index in [0.717, 1.165) is 12.3 Å². The van der Waals surface area contributed by atoms with E-state index in [-0.39, 0.29) is 11.4 Å². The van der Waals surface area contributed by atoms with E-state index < -0.39 is 7.12 Å². The van der Waals surface area contributed by atoms with Crippen molar-refractivity contribution in [3.05, 3.63) is 17.8 Å². The second-order valence-corrected chi connectivity index (χ2v) is 6.22. The Morgan fingerprint density at radius 2 is 2.05 bits per heavy atom. The Kier molecular flexibility index (Phi) is 5.42. The first-order valence-corrected chi connectivity index (χ1v) is 7.69. The number of amides is 1. The molecular formula is C15H24BN3O3. The fourth-order valence-corrected chi connectivity index (χ4v) is 2.59. The zero-order valence-corrected chi connectivity index (χ0v) is 13.5. The second kappa shape index (κ2) is 7.11. The van der Waals surface area contributed by atoms with Gasteiger partial charge in [-0.25, -0.2) is 4.98 Å². The molecule has 1 aliphatic carbocycles. The highest BCUT2D eigenvalue weighted by Gasteiger charge is 2.23. The Balaban J connectivity index is 2.15. The fraction of sp³-hybridized carbons (Fsp3) is 0.600. The van der Waals surface area contributed by atoms with Gasteiger partial charge >= 0.3 is 7.12 Å². The molecule has 22 heavy (non-hydrogen) atoms. The van der Waals surface area contributed by atoms with Gasteiger partial charge in [0.05, 0.1) is 5.56 Å². The molecule has 7 heteroatoms. The second-order valence-electron chi connectivity index (χ2n) is 6.22. The maximum absolute atomic E-state index is 12.7. The number of carbonyl (C=O) groups excluding carboxylic acids is 1. The summed E-state index contributed by atoms with van der Waals surface area (Å²) in [7, 11) is 3.77. The van der Waals surface area contributed by atoms with Crippen LogP contribution in [0.1, 0.15) is 36.0 Å². The third-order valence-corrected chi connectivity index (χ3v) is 4.28. The molecule has 0 spiro atoms. The van der Waals surface area contributed by atoms with Gasteiger partial charge in [0, 0.05) is 39.3 Å². The molecule has 0 aliphatic heterocycles. The highest BCUT2D eigenvalue weighted by molar-refractivity contribution is 6.58. The fourth-order valence-electron chi connectivity index (χ4n) is 2.59. The van der Waals surface area contributed by atoms with Crippen LogP contribution in [0, 0.1) is 5.92 Å². The van der Waals surface area contributed by atoms with Crippen molar-refractivity contribution in [3.63, 3.8) is 0 Å². The van der Waals surface area contributed by atoms with Crippen molar-refractivity contribution in [3.8, 4) is 0 Å². The summed E-state index contributed by atoms with van der Waals surface area (Å²) in [6.45, 7) is 0.711. The number of rotatable bonds is 6. The van der Waals surface area contributed by atoms with Crippen LogP contribution in [0.2, 0.25) is 0 Å². The molecule has 0 atom stereocenters. The number of anilines is 1. The van der Waals surface area contributed by atoms with Gasteiger partial charge in [-0.15, -0.1) is 0 Å². The summed E-state index contributed by atoms with van der Waals surface area (Å²) in [6.07, 6.45) is 6.23. The molecule has 0 bridgehead atoms. The summed E-state index contributed by atoms with van der Waals surface area (Å²) in [5, 5.41) is 18.6. The summed E-state index contributed by atoms with van der Waals surface area (Å²) in [6, 6.07) is 1.51. The van der Waals surface area contributed by atoms with E-state index in [0.29, 0.717) is 17.9 Å². The molecule has 120 valence electrons. The molecule has 1 saturated carbocycles. The van der Waals surface area contributed by atoms with Gasteiger partial charge in [-0.05, 0) is 18.4 Å². The molecule has 1 amide bonds. The van der Waals surface area contributed by atoms with Crippen LogP contribution in [0.25, 0.3) is 0 Å². The van der Waals surface area contributed by atoms with Gasteiger partial charge in [0.25, 0.3) is 5.91 Å². The van der Waals surface area contributed by atoms with Crippen LogP contribution in [0.5, 0.6) is 0 Å². The molecule has 0 saturated heterocycles. The summed E-state index contributed by atoms with van der Waals surface area (Å²) in [5.41, 5.74) is 0.619. The Bertz CT molecular complexity index is 533. The highest BCUT2D eigenvalue weighted by atomic mass is 16.4. The molecular weight excluding hydrogens is 281 g/mol. The molecule has 1 aliphatic rings. The smallest absolute Gasteiger partial charge is 0.423 e. The number of aromatic nitrogens is 1. The van der Waals surface area contributed by atoms with E-state index in [1.165, 1.54) is 31.5 Å². The normalized spacial score (nSPS) is 14.4. The molecule has 1 aromatic rings. The summed E-state index contributed by atoms with van der Waals surface area (Å²) < 4.78 is 0. The van der Waals surface area contributed by atoms with Gasteiger partial charge in [-0.2, -0.15) is 0 Å². The summed E-state index contributed by atoms with van der Waals surface area (Å²) in [5.74, 6) is 1.13. The van der Waals surface area contributed by atoms with E-state index in [1.807, 2.05) is 14.1 Å². The Morgan fingerprint density at radius 1 is 1.36 bits per heavy atom. The van der Waals surface area contributed by atoms with Crippen LogP contribution < -0.4 is 10.4 Å². The molecule has 0 unspecified atom stereocenters. The van der Waals surface area contributed by atoms with Crippen molar-refractivity contribution >= 4 is 24.3 Å². The van der Waals surface area contributed by atoms with E-state index >= 15 is 0 Å². The minimum atomic E-state index is -1.63. The average molecular weight is 305 g/mol. The largest absolute Gasteiger partial charge is 0.490 e. The number of carbonyl (C=O) groups is 1. The van der Waals surface area contributed by atoms with Crippen LogP contribution in [0.4, 0.5) is 5.82 Å². The third kappa shape index (κ3) is 3.78. The molecule has 1 aromatic heterocycles. The quantitative estimate of drug-likeness (QED) is 0.729. The molecule has 2 N–H and O–H groups in total. The standard InChI is InChI=1S/C15H24BN3O3/c1-18(2)14-13(9-12(10-17-14)16(21)22)15(20)19(3)8-7-11-5-4-6-11/h9-11,21-22H,4-8H2,1-3H3.